The van der Waals surface area contributed by atoms with Crippen LogP contribution in [0.15, 0.2) is 38.6 Å². The first kappa shape index (κ1) is 23.3. The molecule has 10 heteroatoms. The molecule has 3 heterocycles. The summed E-state index contributed by atoms with van der Waals surface area (Å²) in [7, 11) is 1.58. The van der Waals surface area contributed by atoms with Gasteiger partial charge in [-0.3, -0.25) is 23.3 Å². The van der Waals surface area contributed by atoms with Gasteiger partial charge < -0.3 is 9.84 Å². The van der Waals surface area contributed by atoms with Crippen LogP contribution in [0.25, 0.3) is 16.9 Å². The molecule has 34 heavy (non-hydrogen) atoms. The minimum absolute atomic E-state index is 0.0900. The second kappa shape index (κ2) is 9.20. The Labute approximate surface area is 195 Å². The van der Waals surface area contributed by atoms with Crippen LogP contribution in [0.3, 0.4) is 0 Å². The quantitative estimate of drug-likeness (QED) is 0.425. The summed E-state index contributed by atoms with van der Waals surface area (Å²) in [6.45, 7) is 6.35. The molecule has 10 nitrogen and oxygen atoms in total. The van der Waals surface area contributed by atoms with Crippen LogP contribution in [0.4, 0.5) is 0 Å². The van der Waals surface area contributed by atoms with E-state index in [2.05, 4.69) is 4.98 Å². The fourth-order valence-corrected chi connectivity index (χ4v) is 4.31. The van der Waals surface area contributed by atoms with Gasteiger partial charge in [-0.2, -0.15) is 4.98 Å². The normalized spacial score (nSPS) is 11.5. The minimum Gasteiger partial charge on any atom is -0.497 e. The number of hydrogen-bond donors (Lipinski definition) is 1. The Morgan fingerprint density at radius 1 is 0.912 bits per heavy atom. The van der Waals surface area contributed by atoms with Gasteiger partial charge in [0.15, 0.2) is 11.2 Å². The average molecular weight is 468 g/mol. The third-order valence-electron chi connectivity index (χ3n) is 5.98. The van der Waals surface area contributed by atoms with Crippen molar-refractivity contribution in [2.75, 3.05) is 7.11 Å². The number of aromatic hydroxyl groups is 1. The molecule has 1 aromatic carbocycles. The van der Waals surface area contributed by atoms with E-state index in [0.29, 0.717) is 25.1 Å². The number of imidazole rings is 1. The van der Waals surface area contributed by atoms with E-state index < -0.39 is 16.8 Å². The van der Waals surface area contributed by atoms with Crippen molar-refractivity contribution in [3.05, 3.63) is 66.6 Å². The predicted octanol–water partition coefficient (Wildman–Crippen LogP) is 2.12. The number of methoxy groups -OCH3 is 1. The van der Waals surface area contributed by atoms with Crippen molar-refractivity contribution in [3.8, 4) is 11.6 Å². The van der Waals surface area contributed by atoms with Crippen molar-refractivity contribution < 1.29 is 9.84 Å². The molecule has 0 atom stereocenters. The maximum atomic E-state index is 13.4. The van der Waals surface area contributed by atoms with Crippen molar-refractivity contribution in [1.29, 1.82) is 0 Å². The predicted molar refractivity (Wildman–Crippen MR) is 129 cm³/mol. The first-order valence-corrected chi connectivity index (χ1v) is 11.5. The van der Waals surface area contributed by atoms with E-state index >= 15 is 0 Å². The van der Waals surface area contributed by atoms with E-state index in [9.17, 15) is 19.5 Å². The summed E-state index contributed by atoms with van der Waals surface area (Å²) >= 11 is 0. The maximum absolute atomic E-state index is 13.4. The molecular weight excluding hydrogens is 438 g/mol. The number of fused-ring (bicyclic) bond motifs is 3. The number of aryl methyl sites for hydroxylation is 1. The molecule has 0 saturated heterocycles. The molecule has 0 aliphatic carbocycles. The number of ether oxygens (including phenoxy) is 1. The molecule has 3 aromatic heterocycles. The summed E-state index contributed by atoms with van der Waals surface area (Å²) in [5, 5.41) is 11.1. The summed E-state index contributed by atoms with van der Waals surface area (Å²) in [6, 6.07) is 7.26. The smallest absolute Gasteiger partial charge is 0.332 e. The molecule has 4 rings (SSSR count). The molecule has 0 spiro atoms. The van der Waals surface area contributed by atoms with Crippen LogP contribution < -0.4 is 21.5 Å². The Morgan fingerprint density at radius 2 is 1.56 bits per heavy atom. The van der Waals surface area contributed by atoms with Crippen molar-refractivity contribution in [1.82, 2.24) is 23.1 Å². The number of nitrogens with zero attached hydrogens (tertiary/aromatic N) is 5. The van der Waals surface area contributed by atoms with E-state index in [4.69, 9.17) is 4.74 Å². The molecule has 0 saturated carbocycles. The van der Waals surface area contributed by atoms with Gasteiger partial charge in [-0.25, -0.2) is 9.20 Å². The van der Waals surface area contributed by atoms with E-state index in [1.807, 2.05) is 26.0 Å². The molecule has 4 aromatic rings. The zero-order valence-corrected chi connectivity index (χ0v) is 19.9. The first-order valence-electron chi connectivity index (χ1n) is 11.5. The Morgan fingerprint density at radius 3 is 2.15 bits per heavy atom. The van der Waals surface area contributed by atoms with E-state index in [0.717, 1.165) is 5.56 Å². The van der Waals surface area contributed by atoms with Crippen molar-refractivity contribution >= 4 is 16.9 Å². The Kier molecular flexibility index (Phi) is 6.32. The molecule has 0 amide bonds. The highest BCUT2D eigenvalue weighted by Gasteiger charge is 2.25. The molecular formula is C24H29N5O5. The van der Waals surface area contributed by atoms with Crippen LogP contribution in [0.2, 0.25) is 0 Å². The van der Waals surface area contributed by atoms with Gasteiger partial charge in [0.25, 0.3) is 11.1 Å². The first-order chi connectivity index (χ1) is 16.4. The summed E-state index contributed by atoms with van der Waals surface area (Å²) in [5.41, 5.74) is -0.119. The lowest BCUT2D eigenvalue weighted by atomic mass is 10.2. The molecule has 1 N–H and O–H groups in total. The van der Waals surface area contributed by atoms with Gasteiger partial charge in [-0.15, -0.1) is 0 Å². The van der Waals surface area contributed by atoms with Gasteiger partial charge in [0.05, 0.1) is 19.2 Å². The molecule has 0 unspecified atom stereocenters. The lowest BCUT2D eigenvalue weighted by molar-refractivity contribution is 0.414. The highest BCUT2D eigenvalue weighted by Crippen LogP contribution is 2.23. The van der Waals surface area contributed by atoms with Crippen LogP contribution in [0.1, 0.15) is 44.7 Å². The van der Waals surface area contributed by atoms with Crippen molar-refractivity contribution in [2.45, 2.75) is 59.7 Å². The topological polar surface area (TPSA) is 113 Å². The zero-order valence-electron chi connectivity index (χ0n) is 19.9. The zero-order chi connectivity index (χ0) is 24.6. The summed E-state index contributed by atoms with van der Waals surface area (Å²) in [4.78, 5) is 44.4. The summed E-state index contributed by atoms with van der Waals surface area (Å²) in [6.07, 6.45) is 1.51. The number of aromatic nitrogens is 5. The van der Waals surface area contributed by atoms with Gasteiger partial charge in [0.2, 0.25) is 11.7 Å². The third kappa shape index (κ3) is 3.59. The van der Waals surface area contributed by atoms with Crippen LogP contribution in [-0.4, -0.2) is 35.3 Å². The molecule has 180 valence electrons. The molecule has 0 fully saturated rings. The molecule has 0 radical (unpaired) electrons. The maximum Gasteiger partial charge on any atom is 0.332 e. The van der Waals surface area contributed by atoms with Gasteiger partial charge >= 0.3 is 5.69 Å². The SMILES string of the molecule is CCCn1c(=O)c2c(nc3n(Cc4ccc(OC)cc4)c(=O)c(CC)c(O)n23)n(CCC)c1=O. The van der Waals surface area contributed by atoms with E-state index in [-0.39, 0.29) is 47.9 Å². The van der Waals surface area contributed by atoms with Crippen LogP contribution >= 0.6 is 0 Å². The van der Waals surface area contributed by atoms with Crippen LogP contribution in [0, 0.1) is 0 Å². The summed E-state index contributed by atoms with van der Waals surface area (Å²) in [5.74, 6) is 0.478. The number of benzene rings is 1. The van der Waals surface area contributed by atoms with Gasteiger partial charge in [0.1, 0.15) is 5.75 Å². The van der Waals surface area contributed by atoms with Crippen LogP contribution in [0.5, 0.6) is 11.6 Å². The molecule has 0 aliphatic rings. The molecule has 0 bridgehead atoms. The fraction of sp³-hybridized carbons (Fsp3) is 0.417. The van der Waals surface area contributed by atoms with Crippen molar-refractivity contribution in [3.63, 3.8) is 0 Å². The van der Waals surface area contributed by atoms with Crippen LogP contribution in [-0.2, 0) is 26.1 Å². The standard InChI is InChI=1S/C24H29N5O5/c1-5-12-26-19-18(22(32)27(13-6-2)24(26)33)29-21(31)17(7-3)20(30)28(23(29)25-19)14-15-8-10-16(34-4)11-9-15/h8-11,31H,5-7,12-14H2,1-4H3. The highest BCUT2D eigenvalue weighted by molar-refractivity contribution is 5.76. The Hall–Kier alpha value is -3.82. The number of rotatable bonds is 8. The second-order valence-corrected chi connectivity index (χ2v) is 8.21. The van der Waals surface area contributed by atoms with E-state index in [1.54, 1.807) is 26.2 Å². The van der Waals surface area contributed by atoms with E-state index in [1.165, 1.54) is 18.1 Å². The third-order valence-corrected chi connectivity index (χ3v) is 5.98. The lowest BCUT2D eigenvalue weighted by Gasteiger charge is -2.13. The second-order valence-electron chi connectivity index (χ2n) is 8.21. The summed E-state index contributed by atoms with van der Waals surface area (Å²) < 4.78 is 10.6. The largest absolute Gasteiger partial charge is 0.497 e. The highest BCUT2D eigenvalue weighted by atomic mass is 16.5. The van der Waals surface area contributed by atoms with Gasteiger partial charge in [0, 0.05) is 13.1 Å². The van der Waals surface area contributed by atoms with Crippen molar-refractivity contribution in [2.24, 2.45) is 0 Å². The molecule has 0 aliphatic heterocycles. The van der Waals surface area contributed by atoms with Gasteiger partial charge in [-0.05, 0) is 37.0 Å². The minimum atomic E-state index is -0.534. The lowest BCUT2D eigenvalue weighted by Crippen LogP contribution is -2.40. The fourth-order valence-electron chi connectivity index (χ4n) is 4.31. The monoisotopic (exact) mass is 467 g/mol. The van der Waals surface area contributed by atoms with Gasteiger partial charge in [-0.1, -0.05) is 32.9 Å². The Bertz CT molecular complexity index is 1540. The average Bonchev–Trinajstić information content (AvgIpc) is 3.24. The Balaban J connectivity index is 2.13. The number of hydrogen-bond acceptors (Lipinski definition) is 6.